The summed E-state index contributed by atoms with van der Waals surface area (Å²) in [6, 6.07) is 7.34. The number of nitro groups is 1. The first kappa shape index (κ1) is 14.9. The van der Waals surface area contributed by atoms with Crippen molar-refractivity contribution in [1.29, 1.82) is 0 Å². The molecule has 110 valence electrons. The summed E-state index contributed by atoms with van der Waals surface area (Å²) in [5, 5.41) is 14.2. The Kier molecular flexibility index (Phi) is 5.49. The highest BCUT2D eigenvalue weighted by molar-refractivity contribution is 5.33. The first-order chi connectivity index (χ1) is 9.70. The van der Waals surface area contributed by atoms with E-state index in [1.54, 1.807) is 12.1 Å². The number of ether oxygens (including phenoxy) is 1. The fraction of sp³-hybridized carbons (Fsp3) is 0.600. The maximum Gasteiger partial charge on any atom is 0.269 e. The third-order valence-corrected chi connectivity index (χ3v) is 3.78. The van der Waals surface area contributed by atoms with Gasteiger partial charge in [-0.2, -0.15) is 0 Å². The molecular formula is C15H22N2O3. The molecule has 1 aromatic rings. The molecule has 1 fully saturated rings. The van der Waals surface area contributed by atoms with Gasteiger partial charge in [0.2, 0.25) is 0 Å². The van der Waals surface area contributed by atoms with Gasteiger partial charge in [0, 0.05) is 30.7 Å². The van der Waals surface area contributed by atoms with E-state index >= 15 is 0 Å². The third kappa shape index (κ3) is 4.02. The molecule has 5 nitrogen and oxygen atoms in total. The number of non-ortho nitro benzene ring substituents is 1. The summed E-state index contributed by atoms with van der Waals surface area (Å²) < 4.78 is 5.58. The van der Waals surface area contributed by atoms with E-state index in [-0.39, 0.29) is 10.6 Å². The maximum absolute atomic E-state index is 10.6. The second-order valence-electron chi connectivity index (χ2n) is 5.31. The van der Waals surface area contributed by atoms with Crippen LogP contribution in [-0.2, 0) is 11.2 Å². The van der Waals surface area contributed by atoms with Crippen LogP contribution in [0.1, 0.15) is 25.3 Å². The largest absolute Gasteiger partial charge is 0.381 e. The highest BCUT2D eigenvalue weighted by Gasteiger charge is 2.25. The number of nitro benzene ring substituents is 1. The topological polar surface area (TPSA) is 64.4 Å². The van der Waals surface area contributed by atoms with Crippen molar-refractivity contribution >= 4 is 5.69 Å². The van der Waals surface area contributed by atoms with Crippen molar-refractivity contribution in [1.82, 2.24) is 5.32 Å². The van der Waals surface area contributed by atoms with Crippen LogP contribution in [-0.4, -0.2) is 30.7 Å². The first-order valence-electron chi connectivity index (χ1n) is 7.25. The number of hydrogen-bond acceptors (Lipinski definition) is 4. The molecule has 0 amide bonds. The average molecular weight is 278 g/mol. The van der Waals surface area contributed by atoms with Gasteiger partial charge in [0.1, 0.15) is 0 Å². The Morgan fingerprint density at radius 3 is 2.80 bits per heavy atom. The van der Waals surface area contributed by atoms with Crippen LogP contribution in [0.3, 0.4) is 0 Å². The van der Waals surface area contributed by atoms with Gasteiger partial charge in [0.15, 0.2) is 0 Å². The van der Waals surface area contributed by atoms with Crippen molar-refractivity contribution in [3.8, 4) is 0 Å². The molecule has 1 aromatic carbocycles. The Labute approximate surface area is 119 Å². The fourth-order valence-electron chi connectivity index (χ4n) is 2.65. The van der Waals surface area contributed by atoms with E-state index in [4.69, 9.17) is 4.74 Å². The molecule has 20 heavy (non-hydrogen) atoms. The second kappa shape index (κ2) is 7.36. The minimum Gasteiger partial charge on any atom is -0.381 e. The van der Waals surface area contributed by atoms with Crippen molar-refractivity contribution in [3.05, 3.63) is 39.9 Å². The van der Waals surface area contributed by atoms with Gasteiger partial charge in [-0.25, -0.2) is 0 Å². The number of nitrogens with zero attached hydrogens (tertiary/aromatic N) is 1. The molecule has 2 rings (SSSR count). The Balaban J connectivity index is 1.97. The lowest BCUT2D eigenvalue weighted by Crippen LogP contribution is -2.43. The summed E-state index contributed by atoms with van der Waals surface area (Å²) >= 11 is 0. The zero-order valence-corrected chi connectivity index (χ0v) is 11.9. The first-order valence-corrected chi connectivity index (χ1v) is 7.25. The molecule has 1 heterocycles. The average Bonchev–Trinajstić information content (AvgIpc) is 2.47. The normalized spacial score (nSPS) is 22.6. The van der Waals surface area contributed by atoms with Crippen LogP contribution in [0.5, 0.6) is 0 Å². The van der Waals surface area contributed by atoms with Gasteiger partial charge < -0.3 is 10.1 Å². The van der Waals surface area contributed by atoms with E-state index in [0.29, 0.717) is 12.0 Å². The molecule has 0 bridgehead atoms. The number of rotatable bonds is 6. The lowest BCUT2D eigenvalue weighted by atomic mass is 9.89. The molecule has 1 aliphatic heterocycles. The van der Waals surface area contributed by atoms with E-state index in [2.05, 4.69) is 12.2 Å². The molecule has 1 N–H and O–H groups in total. The summed E-state index contributed by atoms with van der Waals surface area (Å²) in [6.45, 7) is 4.77. The molecule has 2 atom stereocenters. The van der Waals surface area contributed by atoms with Crippen LogP contribution in [0.15, 0.2) is 24.3 Å². The van der Waals surface area contributed by atoms with Gasteiger partial charge in [0.25, 0.3) is 5.69 Å². The Morgan fingerprint density at radius 2 is 2.15 bits per heavy atom. The molecule has 1 aliphatic rings. The maximum atomic E-state index is 10.6. The van der Waals surface area contributed by atoms with Gasteiger partial charge >= 0.3 is 0 Å². The molecule has 0 aliphatic carbocycles. The minimum atomic E-state index is -0.362. The quantitative estimate of drug-likeness (QED) is 0.641. The third-order valence-electron chi connectivity index (χ3n) is 3.78. The molecular weight excluding hydrogens is 256 g/mol. The highest BCUT2D eigenvalue weighted by Crippen LogP contribution is 2.21. The van der Waals surface area contributed by atoms with Gasteiger partial charge in [-0.05, 0) is 31.4 Å². The van der Waals surface area contributed by atoms with E-state index in [1.807, 2.05) is 12.1 Å². The number of benzene rings is 1. The molecule has 0 radical (unpaired) electrons. The van der Waals surface area contributed by atoms with Crippen LogP contribution in [0.25, 0.3) is 0 Å². The van der Waals surface area contributed by atoms with Crippen molar-refractivity contribution in [2.75, 3.05) is 19.8 Å². The Hall–Kier alpha value is -1.46. The summed E-state index contributed by atoms with van der Waals surface area (Å²) in [5.41, 5.74) is 1.28. The van der Waals surface area contributed by atoms with Crippen molar-refractivity contribution in [2.24, 2.45) is 5.92 Å². The van der Waals surface area contributed by atoms with Gasteiger partial charge in [-0.1, -0.05) is 19.1 Å². The zero-order valence-electron chi connectivity index (χ0n) is 11.9. The fourth-order valence-corrected chi connectivity index (χ4v) is 2.65. The predicted molar refractivity (Wildman–Crippen MR) is 77.8 cm³/mol. The molecule has 0 aromatic heterocycles. The van der Waals surface area contributed by atoms with Crippen LogP contribution in [0.4, 0.5) is 5.69 Å². The van der Waals surface area contributed by atoms with E-state index in [1.165, 1.54) is 0 Å². The number of hydrogen-bond donors (Lipinski definition) is 1. The summed E-state index contributed by atoms with van der Waals surface area (Å²) in [6.07, 6.45) is 3.07. The van der Waals surface area contributed by atoms with Gasteiger partial charge in [-0.15, -0.1) is 0 Å². The smallest absolute Gasteiger partial charge is 0.269 e. The van der Waals surface area contributed by atoms with Crippen LogP contribution in [0.2, 0.25) is 0 Å². The lowest BCUT2D eigenvalue weighted by molar-refractivity contribution is -0.384. The summed E-state index contributed by atoms with van der Waals surface area (Å²) in [5.74, 6) is 0.441. The van der Waals surface area contributed by atoms with E-state index in [0.717, 1.165) is 44.6 Å². The van der Waals surface area contributed by atoms with Crippen LogP contribution < -0.4 is 5.32 Å². The Bertz CT molecular complexity index is 433. The SMILES string of the molecule is CCCNC1CCOCC1Cc1ccc([N+](=O)[O-])cc1. The lowest BCUT2D eigenvalue weighted by Gasteiger charge is -2.32. The van der Waals surface area contributed by atoms with Gasteiger partial charge in [-0.3, -0.25) is 10.1 Å². The second-order valence-corrected chi connectivity index (χ2v) is 5.31. The molecule has 5 heteroatoms. The summed E-state index contributed by atoms with van der Waals surface area (Å²) in [7, 11) is 0. The van der Waals surface area contributed by atoms with Crippen LogP contribution in [0, 0.1) is 16.0 Å². The monoisotopic (exact) mass is 278 g/mol. The predicted octanol–water partition coefficient (Wildman–Crippen LogP) is 2.54. The van der Waals surface area contributed by atoms with Crippen molar-refractivity contribution < 1.29 is 9.66 Å². The minimum absolute atomic E-state index is 0.148. The van der Waals surface area contributed by atoms with E-state index < -0.39 is 0 Å². The van der Waals surface area contributed by atoms with Crippen LogP contribution >= 0.6 is 0 Å². The zero-order chi connectivity index (χ0) is 14.4. The molecule has 1 saturated heterocycles. The molecule has 2 unspecified atom stereocenters. The molecule has 0 saturated carbocycles. The summed E-state index contributed by atoms with van der Waals surface area (Å²) in [4.78, 5) is 10.3. The Morgan fingerprint density at radius 1 is 1.40 bits per heavy atom. The van der Waals surface area contributed by atoms with E-state index in [9.17, 15) is 10.1 Å². The van der Waals surface area contributed by atoms with Crippen molar-refractivity contribution in [3.63, 3.8) is 0 Å². The van der Waals surface area contributed by atoms with Gasteiger partial charge in [0.05, 0.1) is 11.5 Å². The standard InChI is InChI=1S/C15H22N2O3/c1-2-8-16-15-7-9-20-11-13(15)10-12-3-5-14(6-4-12)17(18)19/h3-6,13,15-16H,2,7-11H2,1H3. The number of nitrogens with one attached hydrogen (secondary N) is 1. The highest BCUT2D eigenvalue weighted by atomic mass is 16.6. The molecule has 0 spiro atoms. The van der Waals surface area contributed by atoms with Crippen molar-refractivity contribution in [2.45, 2.75) is 32.2 Å².